The summed E-state index contributed by atoms with van der Waals surface area (Å²) >= 11 is 0. The average Bonchev–Trinajstić information content (AvgIpc) is 2.62. The van der Waals surface area contributed by atoms with Crippen LogP contribution in [-0.2, 0) is 11.2 Å². The SMILES string of the molecule is Cc1cnc(C(=O)NCCCO[C@@H]2CCCc3ccccc32)cn1. The van der Waals surface area contributed by atoms with Gasteiger partial charge in [0.25, 0.3) is 5.91 Å². The molecule has 0 radical (unpaired) electrons. The molecule has 1 amide bonds. The third kappa shape index (κ3) is 4.17. The van der Waals surface area contributed by atoms with E-state index >= 15 is 0 Å². The molecule has 5 nitrogen and oxygen atoms in total. The Morgan fingerprint density at radius 1 is 1.29 bits per heavy atom. The summed E-state index contributed by atoms with van der Waals surface area (Å²) in [5.41, 5.74) is 3.87. The van der Waals surface area contributed by atoms with E-state index in [2.05, 4.69) is 39.6 Å². The highest BCUT2D eigenvalue weighted by Gasteiger charge is 2.19. The number of amides is 1. The highest BCUT2D eigenvalue weighted by atomic mass is 16.5. The lowest BCUT2D eigenvalue weighted by atomic mass is 9.89. The first-order valence-corrected chi connectivity index (χ1v) is 8.50. The van der Waals surface area contributed by atoms with Crippen LogP contribution in [0.3, 0.4) is 0 Å². The van der Waals surface area contributed by atoms with Crippen molar-refractivity contribution in [3.8, 4) is 0 Å². The van der Waals surface area contributed by atoms with Crippen LogP contribution in [0.15, 0.2) is 36.7 Å². The van der Waals surface area contributed by atoms with Crippen LogP contribution in [0, 0.1) is 6.92 Å². The van der Waals surface area contributed by atoms with Gasteiger partial charge in [-0.3, -0.25) is 9.78 Å². The van der Waals surface area contributed by atoms with Crippen molar-refractivity contribution >= 4 is 5.91 Å². The molecular weight excluding hydrogens is 302 g/mol. The largest absolute Gasteiger partial charge is 0.373 e. The zero-order valence-corrected chi connectivity index (χ0v) is 14.0. The van der Waals surface area contributed by atoms with Crippen molar-refractivity contribution in [1.29, 1.82) is 0 Å². The minimum atomic E-state index is -0.189. The Hall–Kier alpha value is -2.27. The number of benzene rings is 1. The van der Waals surface area contributed by atoms with Gasteiger partial charge in [0, 0.05) is 19.3 Å². The number of carbonyl (C=O) groups is 1. The standard InChI is InChI=1S/C19H23N3O2/c1-14-12-22-17(13-21-14)19(23)20-10-5-11-24-18-9-4-7-15-6-2-3-8-16(15)18/h2-3,6,8,12-13,18H,4-5,7,9-11H2,1H3,(H,20,23)/t18-/m1/s1. The van der Waals surface area contributed by atoms with Gasteiger partial charge in [-0.05, 0) is 43.7 Å². The number of carbonyl (C=O) groups excluding carboxylic acids is 1. The maximum absolute atomic E-state index is 11.9. The summed E-state index contributed by atoms with van der Waals surface area (Å²) in [5, 5.41) is 2.85. The molecule has 0 unspecified atom stereocenters. The first kappa shape index (κ1) is 16.6. The number of nitrogens with one attached hydrogen (secondary N) is 1. The van der Waals surface area contributed by atoms with E-state index in [0.717, 1.165) is 25.0 Å². The number of ether oxygens (including phenoxy) is 1. The number of rotatable bonds is 6. The zero-order chi connectivity index (χ0) is 16.8. The molecule has 0 saturated carbocycles. The Balaban J connectivity index is 1.40. The average molecular weight is 325 g/mol. The summed E-state index contributed by atoms with van der Waals surface area (Å²) in [6.07, 6.45) is 7.45. The van der Waals surface area contributed by atoms with Crippen molar-refractivity contribution in [2.24, 2.45) is 0 Å². The number of fused-ring (bicyclic) bond motifs is 1. The Kier molecular flexibility index (Phi) is 5.54. The van der Waals surface area contributed by atoms with Crippen LogP contribution in [-0.4, -0.2) is 29.0 Å². The van der Waals surface area contributed by atoms with Gasteiger partial charge in [0.2, 0.25) is 0 Å². The molecule has 1 aliphatic carbocycles. The molecule has 1 heterocycles. The summed E-state index contributed by atoms with van der Waals surface area (Å²) in [4.78, 5) is 20.1. The van der Waals surface area contributed by atoms with Crippen molar-refractivity contribution in [3.63, 3.8) is 0 Å². The quantitative estimate of drug-likeness (QED) is 0.829. The molecule has 1 aromatic carbocycles. The molecule has 1 aromatic heterocycles. The lowest BCUT2D eigenvalue weighted by Gasteiger charge is -2.25. The molecule has 126 valence electrons. The van der Waals surface area contributed by atoms with Crippen molar-refractivity contribution in [3.05, 3.63) is 59.2 Å². The molecule has 2 aromatic rings. The highest BCUT2D eigenvalue weighted by molar-refractivity contribution is 5.91. The van der Waals surface area contributed by atoms with Crippen LogP contribution in [0.4, 0.5) is 0 Å². The number of hydrogen-bond acceptors (Lipinski definition) is 4. The molecule has 0 bridgehead atoms. The fraction of sp³-hybridized carbons (Fsp3) is 0.421. The third-order valence-corrected chi connectivity index (χ3v) is 4.25. The topological polar surface area (TPSA) is 64.1 Å². The Morgan fingerprint density at radius 2 is 2.17 bits per heavy atom. The van der Waals surface area contributed by atoms with E-state index in [9.17, 15) is 4.79 Å². The number of nitrogens with zero attached hydrogens (tertiary/aromatic N) is 2. The fourth-order valence-corrected chi connectivity index (χ4v) is 2.98. The molecule has 1 atom stereocenters. The first-order valence-electron chi connectivity index (χ1n) is 8.50. The Bertz CT molecular complexity index is 685. The van der Waals surface area contributed by atoms with Crippen LogP contribution in [0.2, 0.25) is 0 Å². The fourth-order valence-electron chi connectivity index (χ4n) is 2.98. The molecule has 5 heteroatoms. The van der Waals surface area contributed by atoms with E-state index in [-0.39, 0.29) is 12.0 Å². The van der Waals surface area contributed by atoms with Gasteiger partial charge in [-0.2, -0.15) is 0 Å². The second-order valence-corrected chi connectivity index (χ2v) is 6.10. The molecule has 0 aliphatic heterocycles. The predicted molar refractivity (Wildman–Crippen MR) is 91.8 cm³/mol. The van der Waals surface area contributed by atoms with E-state index in [1.165, 1.54) is 23.7 Å². The normalized spacial score (nSPS) is 16.5. The van der Waals surface area contributed by atoms with Crippen LogP contribution >= 0.6 is 0 Å². The smallest absolute Gasteiger partial charge is 0.271 e. The molecule has 0 fully saturated rings. The second-order valence-electron chi connectivity index (χ2n) is 6.10. The lowest BCUT2D eigenvalue weighted by molar-refractivity contribution is 0.0393. The van der Waals surface area contributed by atoms with Crippen molar-refractivity contribution < 1.29 is 9.53 Å². The van der Waals surface area contributed by atoms with Crippen LogP contribution in [0.1, 0.15) is 52.7 Å². The summed E-state index contributed by atoms with van der Waals surface area (Å²) in [7, 11) is 0. The summed E-state index contributed by atoms with van der Waals surface area (Å²) in [5.74, 6) is -0.189. The van der Waals surface area contributed by atoms with Gasteiger partial charge in [0.15, 0.2) is 0 Å². The number of aromatic nitrogens is 2. The highest BCUT2D eigenvalue weighted by Crippen LogP contribution is 2.32. The summed E-state index contributed by atoms with van der Waals surface area (Å²) in [6.45, 7) is 3.05. The maximum atomic E-state index is 11.9. The summed E-state index contributed by atoms with van der Waals surface area (Å²) < 4.78 is 6.03. The number of hydrogen-bond donors (Lipinski definition) is 1. The van der Waals surface area contributed by atoms with E-state index in [1.54, 1.807) is 6.20 Å². The molecular formula is C19H23N3O2. The van der Waals surface area contributed by atoms with Gasteiger partial charge in [0.1, 0.15) is 5.69 Å². The molecule has 0 spiro atoms. The van der Waals surface area contributed by atoms with Crippen LogP contribution in [0.25, 0.3) is 0 Å². The van der Waals surface area contributed by atoms with Gasteiger partial charge in [0.05, 0.1) is 18.0 Å². The molecule has 3 rings (SSSR count). The van der Waals surface area contributed by atoms with E-state index in [4.69, 9.17) is 4.74 Å². The first-order chi connectivity index (χ1) is 11.7. The minimum Gasteiger partial charge on any atom is -0.373 e. The molecule has 1 N–H and O–H groups in total. The van der Waals surface area contributed by atoms with E-state index < -0.39 is 0 Å². The van der Waals surface area contributed by atoms with E-state index in [0.29, 0.717) is 18.8 Å². The monoisotopic (exact) mass is 325 g/mol. The Morgan fingerprint density at radius 3 is 3.00 bits per heavy atom. The van der Waals surface area contributed by atoms with E-state index in [1.807, 2.05) is 6.92 Å². The minimum absolute atomic E-state index is 0.189. The van der Waals surface area contributed by atoms with Crippen molar-refractivity contribution in [1.82, 2.24) is 15.3 Å². The second kappa shape index (κ2) is 8.02. The molecule has 24 heavy (non-hydrogen) atoms. The Labute approximate surface area is 142 Å². The van der Waals surface area contributed by atoms with Crippen molar-refractivity contribution in [2.45, 2.75) is 38.7 Å². The van der Waals surface area contributed by atoms with Crippen molar-refractivity contribution in [2.75, 3.05) is 13.2 Å². The lowest BCUT2D eigenvalue weighted by Crippen LogP contribution is -2.26. The molecule has 0 saturated heterocycles. The maximum Gasteiger partial charge on any atom is 0.271 e. The molecule has 1 aliphatic rings. The number of aryl methyl sites for hydroxylation is 2. The van der Waals surface area contributed by atoms with Gasteiger partial charge in [-0.25, -0.2) is 4.98 Å². The summed E-state index contributed by atoms with van der Waals surface area (Å²) in [6, 6.07) is 8.51. The van der Waals surface area contributed by atoms with Gasteiger partial charge in [-0.1, -0.05) is 24.3 Å². The van der Waals surface area contributed by atoms with Gasteiger partial charge in [-0.15, -0.1) is 0 Å². The van der Waals surface area contributed by atoms with Crippen LogP contribution < -0.4 is 5.32 Å². The zero-order valence-electron chi connectivity index (χ0n) is 14.0. The van der Waals surface area contributed by atoms with Gasteiger partial charge >= 0.3 is 0 Å². The predicted octanol–water partition coefficient (Wildman–Crippen LogP) is 3.00. The third-order valence-electron chi connectivity index (χ3n) is 4.25. The van der Waals surface area contributed by atoms with Gasteiger partial charge < -0.3 is 10.1 Å². The van der Waals surface area contributed by atoms with Crippen LogP contribution in [0.5, 0.6) is 0 Å².